The zero-order valence-corrected chi connectivity index (χ0v) is 17.8. The number of alkyl halides is 1. The molecule has 1 aliphatic carbocycles. The van der Waals surface area contributed by atoms with Gasteiger partial charge in [-0.1, -0.05) is 0 Å². The Hall–Kier alpha value is -4.35. The number of fused-ring (bicyclic) bond motifs is 1. The largest absolute Gasteiger partial charge is 0.373 e. The summed E-state index contributed by atoms with van der Waals surface area (Å²) in [4.78, 5) is 38.5. The highest BCUT2D eigenvalue weighted by molar-refractivity contribution is 6.00. The molecule has 168 valence electrons. The van der Waals surface area contributed by atoms with E-state index in [0.29, 0.717) is 29.7 Å². The first-order valence-electron chi connectivity index (χ1n) is 10.2. The molecular weight excluding hydrogens is 429 g/mol. The Kier molecular flexibility index (Phi) is 4.96. The molecule has 5 rings (SSSR count). The second-order valence-corrected chi connectivity index (χ2v) is 7.59. The van der Waals surface area contributed by atoms with Crippen LogP contribution in [0.25, 0.3) is 11.5 Å². The van der Waals surface area contributed by atoms with Gasteiger partial charge >= 0.3 is 0 Å². The maximum absolute atomic E-state index is 13.2. The van der Waals surface area contributed by atoms with Gasteiger partial charge in [-0.05, 0) is 25.1 Å². The normalized spacial score (nSPS) is 17.1. The molecular formula is C21H20FN9O2. The number of pyridine rings is 1. The Labute approximate surface area is 186 Å². The van der Waals surface area contributed by atoms with Crippen LogP contribution in [0.2, 0.25) is 0 Å². The molecule has 2 atom stereocenters. The molecule has 0 bridgehead atoms. The molecule has 0 saturated heterocycles. The lowest BCUT2D eigenvalue weighted by Crippen LogP contribution is -2.27. The van der Waals surface area contributed by atoms with E-state index < -0.39 is 18.1 Å². The number of aryl methyl sites for hydroxylation is 1. The summed E-state index contributed by atoms with van der Waals surface area (Å²) < 4.78 is 16.1. The van der Waals surface area contributed by atoms with Crippen molar-refractivity contribution in [1.82, 2.24) is 34.4 Å². The lowest BCUT2D eigenvalue weighted by molar-refractivity contribution is 0.0949. The molecule has 4 aromatic heterocycles. The molecule has 0 radical (unpaired) electrons. The van der Waals surface area contributed by atoms with E-state index in [0.717, 1.165) is 0 Å². The first-order valence-corrected chi connectivity index (χ1v) is 10.2. The fourth-order valence-electron chi connectivity index (χ4n) is 3.41. The van der Waals surface area contributed by atoms with Crippen LogP contribution in [0.5, 0.6) is 0 Å². The van der Waals surface area contributed by atoms with Gasteiger partial charge in [0.05, 0.1) is 12.2 Å². The number of carbonyl (C=O) groups is 1. The molecule has 1 amide bonds. The summed E-state index contributed by atoms with van der Waals surface area (Å²) in [6.45, 7) is 1.74. The van der Waals surface area contributed by atoms with Crippen LogP contribution in [-0.4, -0.2) is 54.3 Å². The number of carbonyl (C=O) groups excluding carboxylic acids is 1. The zero-order chi connectivity index (χ0) is 23.1. The predicted molar refractivity (Wildman–Crippen MR) is 119 cm³/mol. The third-order valence-electron chi connectivity index (χ3n) is 5.22. The van der Waals surface area contributed by atoms with Crippen molar-refractivity contribution in [3.05, 3.63) is 64.6 Å². The number of aromatic nitrogens is 6. The van der Waals surface area contributed by atoms with Gasteiger partial charge in [0.2, 0.25) is 0 Å². The van der Waals surface area contributed by atoms with Crippen LogP contribution in [-0.2, 0) is 0 Å². The summed E-state index contributed by atoms with van der Waals surface area (Å²) in [5, 5.41) is 12.9. The van der Waals surface area contributed by atoms with Crippen molar-refractivity contribution in [3.8, 4) is 5.82 Å². The highest BCUT2D eigenvalue weighted by atomic mass is 19.1. The monoisotopic (exact) mass is 449 g/mol. The molecule has 0 aliphatic heterocycles. The van der Waals surface area contributed by atoms with E-state index in [9.17, 15) is 14.0 Å². The molecule has 3 N–H and O–H groups in total. The molecule has 11 nitrogen and oxygen atoms in total. The summed E-state index contributed by atoms with van der Waals surface area (Å²) in [6, 6.07) is 6.15. The van der Waals surface area contributed by atoms with Crippen molar-refractivity contribution in [2.45, 2.75) is 25.6 Å². The molecule has 12 heteroatoms. The Morgan fingerprint density at radius 3 is 2.82 bits per heavy atom. The van der Waals surface area contributed by atoms with E-state index in [2.05, 4.69) is 36.0 Å². The van der Waals surface area contributed by atoms with Gasteiger partial charge < -0.3 is 16.0 Å². The van der Waals surface area contributed by atoms with E-state index in [4.69, 9.17) is 0 Å². The Bertz CT molecular complexity index is 1430. The Balaban J connectivity index is 1.52. The third-order valence-corrected chi connectivity index (χ3v) is 5.22. The highest BCUT2D eigenvalue weighted by Gasteiger charge is 2.39. The predicted octanol–water partition coefficient (Wildman–Crippen LogP) is 1.60. The smallest absolute Gasteiger partial charge is 0.279 e. The van der Waals surface area contributed by atoms with Crippen molar-refractivity contribution < 1.29 is 9.18 Å². The van der Waals surface area contributed by atoms with Crippen molar-refractivity contribution >= 4 is 28.9 Å². The van der Waals surface area contributed by atoms with Gasteiger partial charge in [-0.15, -0.1) is 0 Å². The van der Waals surface area contributed by atoms with Gasteiger partial charge in [-0.3, -0.25) is 14.2 Å². The number of hydrogen-bond acceptors (Lipinski definition) is 8. The first kappa shape index (κ1) is 20.5. The topological polar surface area (TPSA) is 131 Å². The van der Waals surface area contributed by atoms with Crippen molar-refractivity contribution in [1.29, 1.82) is 0 Å². The number of rotatable bonds is 6. The van der Waals surface area contributed by atoms with Gasteiger partial charge in [-0.25, -0.2) is 19.3 Å². The molecule has 1 aliphatic rings. The summed E-state index contributed by atoms with van der Waals surface area (Å²) in [7, 11) is 1.70. The molecule has 33 heavy (non-hydrogen) atoms. The van der Waals surface area contributed by atoms with Crippen LogP contribution >= 0.6 is 0 Å². The average Bonchev–Trinajstić information content (AvgIpc) is 3.31. The summed E-state index contributed by atoms with van der Waals surface area (Å²) >= 11 is 0. The van der Waals surface area contributed by atoms with Crippen molar-refractivity contribution in [3.63, 3.8) is 0 Å². The van der Waals surface area contributed by atoms with Crippen LogP contribution in [0, 0.1) is 6.92 Å². The van der Waals surface area contributed by atoms with E-state index in [-0.39, 0.29) is 22.5 Å². The summed E-state index contributed by atoms with van der Waals surface area (Å²) in [6.07, 6.45) is 3.86. The first-order chi connectivity index (χ1) is 15.9. The minimum atomic E-state index is -1.02. The van der Waals surface area contributed by atoms with Gasteiger partial charge in [0.1, 0.15) is 40.7 Å². The van der Waals surface area contributed by atoms with Crippen LogP contribution < -0.4 is 21.5 Å². The average molecular weight is 449 g/mol. The molecule has 1 saturated carbocycles. The molecule has 0 aromatic carbocycles. The van der Waals surface area contributed by atoms with Crippen molar-refractivity contribution in [2.24, 2.45) is 0 Å². The molecule has 1 unspecified atom stereocenters. The minimum absolute atomic E-state index is 0.205. The SMILES string of the molecule is CNc1cc(Nc2cccn(-c3ccnc(C)n3)c2=O)nc2c(C(=O)NC3C[C@@H]3F)cnn12. The Morgan fingerprint density at radius 1 is 1.27 bits per heavy atom. The standard InChI is InChI=1S/C21H20FN9O2/c1-11-24-6-5-17(26-11)30-7-3-4-14(21(30)33)27-16-9-18(23-2)31-19(29-16)12(10-25-31)20(32)28-15-8-13(15)22/h3-7,9-10,13,15,23H,8H2,1-2H3,(H,27,29)(H,28,32)/t13-,15?/m0/s1. The quantitative estimate of drug-likeness (QED) is 0.405. The second kappa shape index (κ2) is 7.97. The van der Waals surface area contributed by atoms with E-state index in [1.807, 2.05) is 0 Å². The number of hydrogen-bond donors (Lipinski definition) is 3. The van der Waals surface area contributed by atoms with Crippen LogP contribution in [0.15, 0.2) is 47.7 Å². The van der Waals surface area contributed by atoms with E-state index in [1.165, 1.54) is 15.3 Å². The number of anilines is 3. The van der Waals surface area contributed by atoms with Gasteiger partial charge in [0.25, 0.3) is 11.5 Å². The van der Waals surface area contributed by atoms with Crippen molar-refractivity contribution in [2.75, 3.05) is 17.7 Å². The highest BCUT2D eigenvalue weighted by Crippen LogP contribution is 2.26. The maximum Gasteiger partial charge on any atom is 0.279 e. The number of amides is 1. The van der Waals surface area contributed by atoms with Crippen LogP contribution in [0.1, 0.15) is 22.6 Å². The molecule has 4 heterocycles. The third kappa shape index (κ3) is 3.86. The minimum Gasteiger partial charge on any atom is -0.373 e. The molecule has 4 aromatic rings. The van der Waals surface area contributed by atoms with Gasteiger partial charge in [-0.2, -0.15) is 9.61 Å². The van der Waals surface area contributed by atoms with Crippen LogP contribution in [0.3, 0.4) is 0 Å². The Morgan fingerprint density at radius 2 is 2.09 bits per heavy atom. The van der Waals surface area contributed by atoms with Gasteiger partial charge in [0, 0.05) is 31.9 Å². The lowest BCUT2D eigenvalue weighted by Gasteiger charge is -2.11. The fraction of sp³-hybridized carbons (Fsp3) is 0.238. The maximum atomic E-state index is 13.2. The lowest BCUT2D eigenvalue weighted by atomic mass is 10.3. The fourth-order valence-corrected chi connectivity index (χ4v) is 3.41. The number of nitrogens with zero attached hydrogens (tertiary/aromatic N) is 6. The number of halogens is 1. The molecule has 0 spiro atoms. The van der Waals surface area contributed by atoms with E-state index >= 15 is 0 Å². The van der Waals surface area contributed by atoms with E-state index in [1.54, 1.807) is 50.6 Å². The van der Waals surface area contributed by atoms with Crippen LogP contribution in [0.4, 0.5) is 21.7 Å². The van der Waals surface area contributed by atoms with Gasteiger partial charge in [0.15, 0.2) is 5.65 Å². The number of nitrogens with one attached hydrogen (secondary N) is 3. The second-order valence-electron chi connectivity index (χ2n) is 7.59. The summed E-state index contributed by atoms with van der Waals surface area (Å²) in [5.41, 5.74) is 0.394. The summed E-state index contributed by atoms with van der Waals surface area (Å²) in [5.74, 6) is 1.39. The molecule has 1 fully saturated rings. The zero-order valence-electron chi connectivity index (χ0n) is 17.8.